The maximum atomic E-state index is 14.4. The molecule has 0 unspecified atom stereocenters. The van der Waals surface area contributed by atoms with Crippen LogP contribution in [0.1, 0.15) is 22.8 Å². The van der Waals surface area contributed by atoms with Crippen LogP contribution in [0.3, 0.4) is 0 Å². The molecule has 4 rings (SSSR count). The molecule has 178 valence electrons. The smallest absolute Gasteiger partial charge is 0.432 e. The summed E-state index contributed by atoms with van der Waals surface area (Å²) in [5.74, 6) is -0.757. The number of hydrogen-bond donors (Lipinski definition) is 0. The lowest BCUT2D eigenvalue weighted by atomic mass is 9.92. The first-order chi connectivity index (χ1) is 16.3. The molecule has 0 fully saturated rings. The minimum Gasteiger partial charge on any atom is -0.492 e. The quantitative estimate of drug-likeness (QED) is 0.441. The third-order valence-corrected chi connectivity index (χ3v) is 5.51. The molecule has 3 aromatic rings. The van der Waals surface area contributed by atoms with Gasteiger partial charge in [-0.25, -0.2) is 4.79 Å². The molecule has 1 aliphatic rings. The molecule has 0 amide bonds. The fraction of sp³-hybridized carbons (Fsp3) is 0.240. The van der Waals surface area contributed by atoms with Gasteiger partial charge in [0.1, 0.15) is 0 Å². The van der Waals surface area contributed by atoms with Gasteiger partial charge in [-0.3, -0.25) is 0 Å². The Kier molecular flexibility index (Phi) is 6.39. The zero-order valence-electron chi connectivity index (χ0n) is 18.3. The van der Waals surface area contributed by atoms with Gasteiger partial charge in [0.15, 0.2) is 17.6 Å². The molecule has 0 N–H and O–H groups in total. The molecule has 0 bridgehead atoms. The van der Waals surface area contributed by atoms with Crippen molar-refractivity contribution in [2.24, 2.45) is 0 Å². The van der Waals surface area contributed by atoms with Crippen LogP contribution in [0.5, 0.6) is 17.2 Å². The molecule has 0 aliphatic carbocycles. The molecule has 0 spiro atoms. The van der Waals surface area contributed by atoms with E-state index in [1.165, 1.54) is 25.3 Å². The van der Waals surface area contributed by atoms with E-state index in [-0.39, 0.29) is 23.9 Å². The first-order valence-corrected chi connectivity index (χ1v) is 10.2. The highest BCUT2D eigenvalue weighted by Gasteiger charge is 2.64. The molecule has 1 heterocycles. The van der Waals surface area contributed by atoms with E-state index in [1.54, 1.807) is 42.5 Å². The Morgan fingerprint density at radius 1 is 0.912 bits per heavy atom. The summed E-state index contributed by atoms with van der Waals surface area (Å²) < 4.78 is 70.0. The van der Waals surface area contributed by atoms with Gasteiger partial charge in [0.05, 0.1) is 7.11 Å². The van der Waals surface area contributed by atoms with Crippen molar-refractivity contribution in [3.8, 4) is 17.2 Å². The Morgan fingerprint density at radius 3 is 2.15 bits per heavy atom. The Balaban J connectivity index is 1.84. The minimum atomic E-state index is -5.11. The number of methoxy groups -OCH3 is 2. The van der Waals surface area contributed by atoms with Crippen LogP contribution in [-0.2, 0) is 19.9 Å². The molecule has 6 nitrogen and oxygen atoms in total. The van der Waals surface area contributed by atoms with Crippen LogP contribution in [0.25, 0.3) is 0 Å². The van der Waals surface area contributed by atoms with Crippen LogP contribution >= 0.6 is 0 Å². The fourth-order valence-corrected chi connectivity index (χ4v) is 3.90. The monoisotopic (exact) mass is 474 g/mol. The van der Waals surface area contributed by atoms with Gasteiger partial charge < -0.3 is 23.7 Å². The summed E-state index contributed by atoms with van der Waals surface area (Å²) in [6.07, 6.45) is -6.38. The maximum absolute atomic E-state index is 14.4. The number of fused-ring (bicyclic) bond motifs is 1. The van der Waals surface area contributed by atoms with E-state index in [2.05, 4.69) is 0 Å². The van der Waals surface area contributed by atoms with Gasteiger partial charge in [-0.2, -0.15) is 13.2 Å². The van der Waals surface area contributed by atoms with Crippen molar-refractivity contribution in [3.63, 3.8) is 0 Å². The number of rotatable bonds is 7. The summed E-state index contributed by atoms with van der Waals surface area (Å²) in [6, 6.07) is 18.1. The molecule has 9 heteroatoms. The van der Waals surface area contributed by atoms with Gasteiger partial charge in [0, 0.05) is 18.2 Å². The number of ether oxygens (including phenoxy) is 5. The van der Waals surface area contributed by atoms with Gasteiger partial charge >= 0.3 is 12.1 Å². The van der Waals surface area contributed by atoms with Crippen LogP contribution in [0.4, 0.5) is 13.2 Å². The normalized spacial score (nSPS) is 15.3. The van der Waals surface area contributed by atoms with E-state index in [0.717, 1.165) is 19.2 Å². The second-order valence-corrected chi connectivity index (χ2v) is 7.37. The van der Waals surface area contributed by atoms with E-state index in [1.807, 2.05) is 0 Å². The van der Waals surface area contributed by atoms with Crippen molar-refractivity contribution in [1.29, 1.82) is 0 Å². The lowest BCUT2D eigenvalue weighted by molar-refractivity contribution is -0.277. The van der Waals surface area contributed by atoms with Crippen LogP contribution in [0.15, 0.2) is 72.8 Å². The van der Waals surface area contributed by atoms with E-state index in [4.69, 9.17) is 23.7 Å². The lowest BCUT2D eigenvalue weighted by Gasteiger charge is -2.34. The molecule has 34 heavy (non-hydrogen) atoms. The van der Waals surface area contributed by atoms with Gasteiger partial charge in [-0.05, 0) is 17.7 Å². The second-order valence-electron chi connectivity index (χ2n) is 7.37. The third-order valence-electron chi connectivity index (χ3n) is 5.51. The SMILES string of the molecule is COc1c([C@@H](OC(=O)[C@@](OC)(c2ccccc2)C(F)(F)F)c2ccccc2)ccc2c1OCO2. The summed E-state index contributed by atoms with van der Waals surface area (Å²) in [6.45, 7) is -0.0419. The Labute approximate surface area is 193 Å². The second kappa shape index (κ2) is 9.26. The van der Waals surface area contributed by atoms with E-state index in [0.29, 0.717) is 11.3 Å². The highest BCUT2D eigenvalue weighted by molar-refractivity contribution is 5.83. The molecular formula is C25H21F3O6. The zero-order chi connectivity index (χ0) is 24.3. The number of esters is 1. The lowest BCUT2D eigenvalue weighted by Crippen LogP contribution is -2.52. The molecular weight excluding hydrogens is 453 g/mol. The van der Waals surface area contributed by atoms with Crippen LogP contribution in [0.2, 0.25) is 0 Å². The van der Waals surface area contributed by atoms with E-state index >= 15 is 0 Å². The summed E-state index contributed by atoms with van der Waals surface area (Å²) >= 11 is 0. The summed E-state index contributed by atoms with van der Waals surface area (Å²) in [4.78, 5) is 13.4. The van der Waals surface area contributed by atoms with Crippen LogP contribution in [0, 0.1) is 0 Å². The summed E-state index contributed by atoms with van der Waals surface area (Å²) in [7, 11) is 2.20. The van der Waals surface area contributed by atoms with Crippen molar-refractivity contribution >= 4 is 5.97 Å². The third kappa shape index (κ3) is 3.92. The minimum absolute atomic E-state index is 0.0419. The molecule has 1 aliphatic heterocycles. The number of benzene rings is 3. The van der Waals surface area contributed by atoms with Crippen molar-refractivity contribution in [1.82, 2.24) is 0 Å². The number of hydrogen-bond acceptors (Lipinski definition) is 6. The van der Waals surface area contributed by atoms with Crippen LogP contribution < -0.4 is 14.2 Å². The molecule has 0 aromatic heterocycles. The number of halogens is 3. The van der Waals surface area contributed by atoms with Crippen molar-refractivity contribution < 1.29 is 41.7 Å². The van der Waals surface area contributed by atoms with Crippen molar-refractivity contribution in [3.05, 3.63) is 89.5 Å². The standard InChI is InChI=1S/C25H21F3O6/c1-30-21-18(13-14-19-22(21)33-15-32-19)20(16-9-5-3-6-10-16)34-23(29)24(31-2,25(26,27)28)17-11-7-4-8-12-17/h3-14,20H,15H2,1-2H3/t20-,24-/m0/s1. The summed E-state index contributed by atoms with van der Waals surface area (Å²) in [5.41, 5.74) is -3.04. The Bertz CT molecular complexity index is 1150. The van der Waals surface area contributed by atoms with Crippen molar-refractivity contribution in [2.45, 2.75) is 17.9 Å². The Morgan fingerprint density at radius 2 is 1.56 bits per heavy atom. The van der Waals surface area contributed by atoms with Gasteiger partial charge in [0.2, 0.25) is 12.5 Å². The van der Waals surface area contributed by atoms with Crippen molar-refractivity contribution in [2.75, 3.05) is 21.0 Å². The first-order valence-electron chi connectivity index (χ1n) is 10.2. The number of carbonyl (C=O) groups excluding carboxylic acids is 1. The predicted octanol–water partition coefficient (Wildman–Crippen LogP) is 5.16. The average molecular weight is 474 g/mol. The molecule has 0 saturated heterocycles. The molecule has 0 radical (unpaired) electrons. The molecule has 3 aromatic carbocycles. The number of carbonyl (C=O) groups is 1. The average Bonchev–Trinajstić information content (AvgIpc) is 3.32. The Hall–Kier alpha value is -3.72. The van der Waals surface area contributed by atoms with Crippen LogP contribution in [-0.4, -0.2) is 33.2 Å². The summed E-state index contributed by atoms with van der Waals surface area (Å²) in [5, 5.41) is 0. The maximum Gasteiger partial charge on any atom is 0.432 e. The van der Waals surface area contributed by atoms with E-state index < -0.39 is 29.4 Å². The molecule has 0 saturated carbocycles. The fourth-order valence-electron chi connectivity index (χ4n) is 3.90. The largest absolute Gasteiger partial charge is 0.492 e. The van der Waals surface area contributed by atoms with Gasteiger partial charge in [-0.1, -0.05) is 60.7 Å². The highest BCUT2D eigenvalue weighted by atomic mass is 19.4. The number of alkyl halides is 3. The highest BCUT2D eigenvalue weighted by Crippen LogP contribution is 2.49. The van der Waals surface area contributed by atoms with Gasteiger partial charge in [0.25, 0.3) is 5.60 Å². The predicted molar refractivity (Wildman–Crippen MR) is 115 cm³/mol. The zero-order valence-corrected chi connectivity index (χ0v) is 18.3. The van der Waals surface area contributed by atoms with Gasteiger partial charge in [-0.15, -0.1) is 0 Å². The van der Waals surface area contributed by atoms with E-state index in [9.17, 15) is 18.0 Å². The molecule has 2 atom stereocenters. The topological polar surface area (TPSA) is 63.2 Å². The first kappa shape index (κ1) is 23.4.